The first kappa shape index (κ1) is 7.59. The van der Waals surface area contributed by atoms with Crippen LogP contribution in [0, 0.1) is 11.8 Å². The molecular weight excluding hydrogens is 120 g/mol. The summed E-state index contributed by atoms with van der Waals surface area (Å²) in [5, 5.41) is 0. The molecule has 1 rings (SSSR count). The molecule has 0 bridgehead atoms. The van der Waals surface area contributed by atoms with Crippen LogP contribution in [0.15, 0.2) is 24.8 Å². The number of allylic oxidation sites excluding steroid dienone is 2. The van der Waals surface area contributed by atoms with E-state index in [1.807, 2.05) is 0 Å². The van der Waals surface area contributed by atoms with E-state index in [0.717, 1.165) is 11.8 Å². The molecule has 0 aromatic carbocycles. The first-order valence-electron chi connectivity index (χ1n) is 4.01. The molecule has 1 aliphatic rings. The van der Waals surface area contributed by atoms with Gasteiger partial charge in [0.2, 0.25) is 0 Å². The van der Waals surface area contributed by atoms with Gasteiger partial charge in [0.05, 0.1) is 0 Å². The predicted octanol–water partition coefficient (Wildman–Crippen LogP) is 3.16. The Hall–Kier alpha value is -0.520. The van der Waals surface area contributed by atoms with Crippen molar-refractivity contribution in [2.24, 2.45) is 11.8 Å². The Labute approximate surface area is 63.6 Å². The van der Waals surface area contributed by atoms with Crippen LogP contribution < -0.4 is 0 Å². The van der Waals surface area contributed by atoms with Crippen molar-refractivity contribution in [1.82, 2.24) is 0 Å². The van der Waals surface area contributed by atoms with Crippen LogP contribution in [0.2, 0.25) is 0 Å². The van der Waals surface area contributed by atoms with E-state index >= 15 is 0 Å². The molecule has 56 valence electrons. The summed E-state index contributed by atoms with van der Waals surface area (Å²) in [6.45, 7) is 9.83. The Morgan fingerprint density at radius 2 is 2.30 bits per heavy atom. The summed E-state index contributed by atoms with van der Waals surface area (Å²) in [6, 6.07) is 0. The van der Waals surface area contributed by atoms with Crippen molar-refractivity contribution in [1.29, 1.82) is 0 Å². The molecule has 10 heavy (non-hydrogen) atoms. The zero-order chi connectivity index (χ0) is 7.56. The van der Waals surface area contributed by atoms with Crippen LogP contribution in [0.1, 0.15) is 26.2 Å². The van der Waals surface area contributed by atoms with Crippen LogP contribution in [0.5, 0.6) is 0 Å². The third-order valence-electron chi connectivity index (χ3n) is 2.39. The maximum atomic E-state index is 3.91. The quantitative estimate of drug-likeness (QED) is 0.523. The molecule has 0 N–H and O–H groups in total. The number of hydrogen-bond acceptors (Lipinski definition) is 0. The van der Waals surface area contributed by atoms with Crippen LogP contribution in [-0.4, -0.2) is 0 Å². The average molecular weight is 136 g/mol. The predicted molar refractivity (Wildman–Crippen MR) is 45.8 cm³/mol. The van der Waals surface area contributed by atoms with Crippen LogP contribution >= 0.6 is 0 Å². The summed E-state index contributed by atoms with van der Waals surface area (Å²) in [4.78, 5) is 0. The maximum Gasteiger partial charge on any atom is -0.0205 e. The molecule has 0 radical (unpaired) electrons. The van der Waals surface area contributed by atoms with E-state index < -0.39 is 0 Å². The Bertz CT molecular complexity index is 144. The first-order chi connectivity index (χ1) is 4.74. The fourth-order valence-electron chi connectivity index (χ4n) is 1.61. The number of hydrogen-bond donors (Lipinski definition) is 0. The van der Waals surface area contributed by atoms with Gasteiger partial charge in [-0.05, 0) is 38.0 Å². The summed E-state index contributed by atoms with van der Waals surface area (Å²) < 4.78 is 0. The van der Waals surface area contributed by atoms with Gasteiger partial charge < -0.3 is 0 Å². The Kier molecular flexibility index (Phi) is 2.31. The molecule has 0 saturated heterocycles. The topological polar surface area (TPSA) is 0 Å². The first-order valence-corrected chi connectivity index (χ1v) is 4.01. The standard InChI is InChI=1S/C10H16/c1-4-9-5-6-10(9)7-8(2)3/h4,9-10H,1-2,5-7H2,3H3. The van der Waals surface area contributed by atoms with Gasteiger partial charge in [0.25, 0.3) is 0 Å². The molecule has 0 nitrogen and oxygen atoms in total. The van der Waals surface area contributed by atoms with Crippen molar-refractivity contribution < 1.29 is 0 Å². The third-order valence-corrected chi connectivity index (χ3v) is 2.39. The lowest BCUT2D eigenvalue weighted by atomic mass is 9.71. The molecule has 0 heteroatoms. The van der Waals surface area contributed by atoms with E-state index in [9.17, 15) is 0 Å². The fraction of sp³-hybridized carbons (Fsp3) is 0.600. The van der Waals surface area contributed by atoms with Crippen LogP contribution in [-0.2, 0) is 0 Å². The Balaban J connectivity index is 2.29. The molecule has 1 saturated carbocycles. The minimum Gasteiger partial charge on any atom is -0.103 e. The van der Waals surface area contributed by atoms with Gasteiger partial charge in [-0.2, -0.15) is 0 Å². The van der Waals surface area contributed by atoms with Crippen molar-refractivity contribution in [2.45, 2.75) is 26.2 Å². The molecule has 0 aromatic rings. The lowest BCUT2D eigenvalue weighted by molar-refractivity contribution is 0.226. The minimum absolute atomic E-state index is 0.789. The van der Waals surface area contributed by atoms with Gasteiger partial charge in [0.15, 0.2) is 0 Å². The molecule has 0 aliphatic heterocycles. The molecular formula is C10H16. The summed E-state index contributed by atoms with van der Waals surface area (Å²) in [5.41, 5.74) is 1.32. The van der Waals surface area contributed by atoms with E-state index in [-0.39, 0.29) is 0 Å². The van der Waals surface area contributed by atoms with Gasteiger partial charge in [-0.25, -0.2) is 0 Å². The zero-order valence-electron chi connectivity index (χ0n) is 6.77. The Morgan fingerprint density at radius 1 is 1.60 bits per heavy atom. The summed E-state index contributed by atoms with van der Waals surface area (Å²) in [5.74, 6) is 1.66. The van der Waals surface area contributed by atoms with E-state index in [1.165, 1.54) is 24.8 Å². The van der Waals surface area contributed by atoms with Crippen molar-refractivity contribution in [2.75, 3.05) is 0 Å². The molecule has 2 unspecified atom stereocenters. The fourth-order valence-corrected chi connectivity index (χ4v) is 1.61. The average Bonchev–Trinajstić information content (AvgIpc) is 1.82. The summed E-state index contributed by atoms with van der Waals surface area (Å²) in [6.07, 6.45) is 6.03. The molecule has 2 atom stereocenters. The molecule has 0 spiro atoms. The van der Waals surface area contributed by atoms with Gasteiger partial charge in [-0.1, -0.05) is 11.6 Å². The Morgan fingerprint density at radius 3 is 2.60 bits per heavy atom. The molecule has 0 aromatic heterocycles. The van der Waals surface area contributed by atoms with Crippen LogP contribution in [0.4, 0.5) is 0 Å². The van der Waals surface area contributed by atoms with E-state index in [1.54, 1.807) is 0 Å². The highest BCUT2D eigenvalue weighted by Crippen LogP contribution is 2.38. The maximum absolute atomic E-state index is 3.91. The highest BCUT2D eigenvalue weighted by atomic mass is 14.3. The summed E-state index contributed by atoms with van der Waals surface area (Å²) >= 11 is 0. The van der Waals surface area contributed by atoms with Gasteiger partial charge in [-0.15, -0.1) is 13.2 Å². The highest BCUT2D eigenvalue weighted by Gasteiger charge is 2.27. The zero-order valence-corrected chi connectivity index (χ0v) is 6.77. The van der Waals surface area contributed by atoms with Gasteiger partial charge in [-0.3, -0.25) is 0 Å². The summed E-state index contributed by atoms with van der Waals surface area (Å²) in [7, 11) is 0. The molecule has 0 heterocycles. The second-order valence-corrected chi connectivity index (χ2v) is 3.40. The van der Waals surface area contributed by atoms with Gasteiger partial charge in [0, 0.05) is 0 Å². The smallest absolute Gasteiger partial charge is 0.0205 e. The van der Waals surface area contributed by atoms with Gasteiger partial charge >= 0.3 is 0 Å². The highest BCUT2D eigenvalue weighted by molar-refractivity contribution is 5.00. The lowest BCUT2D eigenvalue weighted by Crippen LogP contribution is -2.23. The normalized spacial score (nSPS) is 30.9. The van der Waals surface area contributed by atoms with Crippen molar-refractivity contribution in [3.05, 3.63) is 24.8 Å². The number of rotatable bonds is 3. The molecule has 1 aliphatic carbocycles. The van der Waals surface area contributed by atoms with Crippen molar-refractivity contribution in [3.8, 4) is 0 Å². The SMILES string of the molecule is C=CC1CCC1CC(=C)C. The third kappa shape index (κ3) is 1.50. The largest absolute Gasteiger partial charge is 0.103 e. The van der Waals surface area contributed by atoms with E-state index in [4.69, 9.17) is 0 Å². The van der Waals surface area contributed by atoms with Crippen molar-refractivity contribution in [3.63, 3.8) is 0 Å². The molecule has 0 amide bonds. The van der Waals surface area contributed by atoms with Crippen LogP contribution in [0.3, 0.4) is 0 Å². The second kappa shape index (κ2) is 3.05. The van der Waals surface area contributed by atoms with Crippen LogP contribution in [0.25, 0.3) is 0 Å². The molecule has 1 fully saturated rings. The van der Waals surface area contributed by atoms with Crippen molar-refractivity contribution >= 4 is 0 Å². The lowest BCUT2D eigenvalue weighted by Gasteiger charge is -2.34. The van der Waals surface area contributed by atoms with E-state index in [0.29, 0.717) is 0 Å². The monoisotopic (exact) mass is 136 g/mol. The van der Waals surface area contributed by atoms with Gasteiger partial charge in [0.1, 0.15) is 0 Å². The minimum atomic E-state index is 0.789. The second-order valence-electron chi connectivity index (χ2n) is 3.40. The van der Waals surface area contributed by atoms with E-state index in [2.05, 4.69) is 26.2 Å².